The normalized spacial score (nSPS) is 12.4. The second-order valence-corrected chi connectivity index (χ2v) is 8.91. The highest BCUT2D eigenvalue weighted by atomic mass is 32.2. The van der Waals surface area contributed by atoms with Crippen molar-refractivity contribution in [2.24, 2.45) is 0 Å². The number of anilines is 1. The Bertz CT molecular complexity index is 1120. The predicted octanol–water partition coefficient (Wildman–Crippen LogP) is 3.20. The number of aromatic nitrogens is 4. The van der Waals surface area contributed by atoms with Crippen LogP contribution in [0.2, 0.25) is 0 Å². The Morgan fingerprint density at radius 3 is 2.37 bits per heavy atom. The van der Waals surface area contributed by atoms with Crippen molar-refractivity contribution in [3.05, 3.63) is 42.2 Å². The average Bonchev–Trinajstić information content (AvgIpc) is 3.14. The molecule has 0 fully saturated rings. The van der Waals surface area contributed by atoms with Crippen molar-refractivity contribution in [1.29, 1.82) is 0 Å². The zero-order chi connectivity index (χ0) is 21.9. The molecular weight excluding hydrogens is 406 g/mol. The fourth-order valence-corrected chi connectivity index (χ4v) is 3.95. The van der Waals surface area contributed by atoms with Gasteiger partial charge in [-0.15, -0.1) is 10.2 Å². The Morgan fingerprint density at radius 1 is 1.13 bits per heavy atom. The van der Waals surface area contributed by atoms with E-state index in [1.165, 1.54) is 14.2 Å². The van der Waals surface area contributed by atoms with E-state index in [1.54, 1.807) is 42.1 Å². The molecule has 0 amide bonds. The van der Waals surface area contributed by atoms with Crippen LogP contribution in [0.15, 0.2) is 36.7 Å². The van der Waals surface area contributed by atoms with Gasteiger partial charge in [0.25, 0.3) is 0 Å². The van der Waals surface area contributed by atoms with Crippen LogP contribution in [0.4, 0.5) is 5.95 Å². The first-order chi connectivity index (χ1) is 14.3. The van der Waals surface area contributed by atoms with Crippen LogP contribution in [-0.2, 0) is 10.0 Å². The molecule has 0 spiro atoms. The van der Waals surface area contributed by atoms with Gasteiger partial charge in [0.05, 0.1) is 19.5 Å². The zero-order valence-corrected chi connectivity index (χ0v) is 18.4. The van der Waals surface area contributed by atoms with Gasteiger partial charge in [0, 0.05) is 18.0 Å². The third-order valence-electron chi connectivity index (χ3n) is 4.76. The molecule has 1 atom stereocenters. The van der Waals surface area contributed by atoms with Crippen molar-refractivity contribution in [2.75, 3.05) is 18.9 Å². The number of benzene rings is 1. The molecule has 2 heterocycles. The first-order valence-electron chi connectivity index (χ1n) is 9.42. The Hall–Kier alpha value is -3.14. The molecule has 1 aromatic carbocycles. The van der Waals surface area contributed by atoms with Crippen LogP contribution < -0.4 is 14.2 Å². The van der Waals surface area contributed by atoms with Crippen LogP contribution in [0, 0.1) is 6.92 Å². The maximum absolute atomic E-state index is 12.8. The van der Waals surface area contributed by atoms with E-state index in [1.807, 2.05) is 19.9 Å². The molecule has 3 aromatic rings. The summed E-state index contributed by atoms with van der Waals surface area (Å²) < 4.78 is 40.7. The van der Waals surface area contributed by atoms with E-state index in [2.05, 4.69) is 19.9 Å². The van der Waals surface area contributed by atoms with E-state index in [4.69, 9.17) is 9.47 Å². The number of sulfonamides is 1. The predicted molar refractivity (Wildman–Crippen MR) is 115 cm³/mol. The summed E-state index contributed by atoms with van der Waals surface area (Å²) in [5.74, 6) is 1.38. The SMILES string of the molecule is CC[C@@H](C)S(=O)(=O)Nc1nnc(-c2cncc(C)c2)n1-c1c(OC)cccc1OC. The summed E-state index contributed by atoms with van der Waals surface area (Å²) in [6.07, 6.45) is 3.82. The molecule has 10 heteroatoms. The number of aryl methyl sites for hydroxylation is 1. The van der Waals surface area contributed by atoms with E-state index >= 15 is 0 Å². The molecule has 0 saturated carbocycles. The Kier molecular flexibility index (Phi) is 6.25. The highest BCUT2D eigenvalue weighted by molar-refractivity contribution is 7.93. The van der Waals surface area contributed by atoms with Gasteiger partial charge in [-0.25, -0.2) is 8.42 Å². The number of nitrogens with one attached hydrogen (secondary N) is 1. The fourth-order valence-electron chi connectivity index (χ4n) is 2.93. The maximum atomic E-state index is 12.8. The lowest BCUT2D eigenvalue weighted by molar-refractivity contribution is 0.391. The standard InChI is InChI=1S/C20H25N5O4S/c1-6-14(3)30(26,27)24-20-23-22-19(15-10-13(2)11-21-12-15)25(20)18-16(28-4)8-7-9-17(18)29-5/h7-12,14H,6H2,1-5H3,(H,23,24)/t14-/m1/s1. The molecule has 1 N–H and O–H groups in total. The highest BCUT2D eigenvalue weighted by Crippen LogP contribution is 2.37. The van der Waals surface area contributed by atoms with Crippen LogP contribution in [0.3, 0.4) is 0 Å². The molecular formula is C20H25N5O4S. The van der Waals surface area contributed by atoms with E-state index in [-0.39, 0.29) is 5.95 Å². The minimum absolute atomic E-state index is 0.0367. The van der Waals surface area contributed by atoms with E-state index in [9.17, 15) is 8.42 Å². The Labute approximate surface area is 176 Å². The molecule has 160 valence electrons. The number of ether oxygens (including phenoxy) is 2. The second kappa shape index (κ2) is 8.70. The number of para-hydroxylation sites is 1. The molecule has 0 aliphatic rings. The summed E-state index contributed by atoms with van der Waals surface area (Å²) in [5.41, 5.74) is 2.08. The topological polar surface area (TPSA) is 108 Å². The Balaban J connectivity index is 2.30. The molecule has 0 aliphatic heterocycles. The number of hydrogen-bond donors (Lipinski definition) is 1. The van der Waals surface area contributed by atoms with Gasteiger partial charge in [-0.05, 0) is 44.0 Å². The van der Waals surface area contributed by atoms with Gasteiger partial charge in [0.2, 0.25) is 16.0 Å². The smallest absolute Gasteiger partial charge is 0.243 e. The molecule has 2 aromatic heterocycles. The van der Waals surface area contributed by atoms with Crippen molar-refractivity contribution in [3.63, 3.8) is 0 Å². The number of nitrogens with zero attached hydrogens (tertiary/aromatic N) is 4. The summed E-state index contributed by atoms with van der Waals surface area (Å²) in [7, 11) is -0.626. The minimum Gasteiger partial charge on any atom is -0.494 e. The lowest BCUT2D eigenvalue weighted by Gasteiger charge is -2.18. The maximum Gasteiger partial charge on any atom is 0.243 e. The first-order valence-corrected chi connectivity index (χ1v) is 11.0. The lowest BCUT2D eigenvalue weighted by Crippen LogP contribution is -2.26. The van der Waals surface area contributed by atoms with Crippen molar-refractivity contribution >= 4 is 16.0 Å². The average molecular weight is 432 g/mol. The van der Waals surface area contributed by atoms with E-state index in [0.29, 0.717) is 35.0 Å². The molecule has 3 rings (SSSR count). The van der Waals surface area contributed by atoms with Crippen LogP contribution in [-0.4, -0.2) is 47.6 Å². The largest absolute Gasteiger partial charge is 0.494 e. The molecule has 0 aliphatic carbocycles. The first kappa shape index (κ1) is 21.6. The van der Waals surface area contributed by atoms with Crippen molar-refractivity contribution in [1.82, 2.24) is 19.7 Å². The summed E-state index contributed by atoms with van der Waals surface area (Å²) in [6.45, 7) is 5.35. The molecule has 30 heavy (non-hydrogen) atoms. The van der Waals surface area contributed by atoms with E-state index < -0.39 is 15.3 Å². The van der Waals surface area contributed by atoms with Crippen molar-refractivity contribution in [2.45, 2.75) is 32.4 Å². The van der Waals surface area contributed by atoms with Gasteiger partial charge >= 0.3 is 0 Å². The monoisotopic (exact) mass is 431 g/mol. The third-order valence-corrected chi connectivity index (χ3v) is 6.62. The second-order valence-electron chi connectivity index (χ2n) is 6.81. The van der Waals surface area contributed by atoms with Gasteiger partial charge in [0.15, 0.2) is 5.82 Å². The number of pyridine rings is 1. The van der Waals surface area contributed by atoms with Gasteiger partial charge in [-0.2, -0.15) is 0 Å². The fraction of sp³-hybridized carbons (Fsp3) is 0.350. The molecule has 0 radical (unpaired) electrons. The Morgan fingerprint density at radius 2 is 1.80 bits per heavy atom. The van der Waals surface area contributed by atoms with Gasteiger partial charge in [-0.1, -0.05) is 13.0 Å². The molecule has 0 bridgehead atoms. The summed E-state index contributed by atoms with van der Waals surface area (Å²) in [6, 6.07) is 7.18. The lowest BCUT2D eigenvalue weighted by atomic mass is 10.2. The van der Waals surface area contributed by atoms with Crippen LogP contribution in [0.5, 0.6) is 11.5 Å². The summed E-state index contributed by atoms with van der Waals surface area (Å²) in [5, 5.41) is 7.79. The minimum atomic E-state index is -3.68. The summed E-state index contributed by atoms with van der Waals surface area (Å²) in [4.78, 5) is 4.22. The highest BCUT2D eigenvalue weighted by Gasteiger charge is 2.27. The molecule has 0 saturated heterocycles. The van der Waals surface area contributed by atoms with Gasteiger partial charge in [-0.3, -0.25) is 14.3 Å². The molecule has 0 unspecified atom stereocenters. The van der Waals surface area contributed by atoms with E-state index in [0.717, 1.165) is 5.56 Å². The summed E-state index contributed by atoms with van der Waals surface area (Å²) >= 11 is 0. The number of rotatable bonds is 8. The number of methoxy groups -OCH3 is 2. The van der Waals surface area contributed by atoms with Crippen LogP contribution >= 0.6 is 0 Å². The van der Waals surface area contributed by atoms with Crippen LogP contribution in [0.25, 0.3) is 17.1 Å². The van der Waals surface area contributed by atoms with Gasteiger partial charge in [0.1, 0.15) is 17.2 Å². The van der Waals surface area contributed by atoms with Crippen molar-refractivity contribution in [3.8, 4) is 28.6 Å². The zero-order valence-electron chi connectivity index (χ0n) is 17.6. The van der Waals surface area contributed by atoms with Crippen molar-refractivity contribution < 1.29 is 17.9 Å². The number of hydrogen-bond acceptors (Lipinski definition) is 7. The molecule has 9 nitrogen and oxygen atoms in total. The quantitative estimate of drug-likeness (QED) is 0.583. The van der Waals surface area contributed by atoms with Gasteiger partial charge < -0.3 is 9.47 Å². The van der Waals surface area contributed by atoms with Crippen LogP contribution in [0.1, 0.15) is 25.8 Å². The third kappa shape index (κ3) is 4.09.